The van der Waals surface area contributed by atoms with Gasteiger partial charge in [0.05, 0.1) is 0 Å². The number of carbonyl (C=O) groups excluding carboxylic acids is 2. The number of nitrogens with two attached hydrogens (primary N) is 1. The molecule has 0 saturated heterocycles. The van der Waals surface area contributed by atoms with Crippen molar-refractivity contribution in [2.45, 2.75) is 13.3 Å². The molecule has 4 N–H and O–H groups in total. The molecule has 0 aliphatic carbocycles. The number of hydrazine groups is 1. The van der Waals surface area contributed by atoms with Gasteiger partial charge in [-0.3, -0.25) is 15.0 Å². The second-order valence-corrected chi connectivity index (χ2v) is 3.55. The number of hydrogen-bond acceptors (Lipinski definition) is 3. The molecule has 2 amide bonds. The Balaban J connectivity index is 2.46. The summed E-state index contributed by atoms with van der Waals surface area (Å²) < 4.78 is 12.8. The summed E-state index contributed by atoms with van der Waals surface area (Å²) in [5.74, 6) is 2.83. The quantitative estimate of drug-likeness (QED) is 0.295. The highest BCUT2D eigenvalue weighted by Crippen LogP contribution is 2.10. The SMILES string of the molecule is Cc1cc(F)ccc1CCNC(=O)C(=O)NN. The van der Waals surface area contributed by atoms with Crippen molar-refractivity contribution in [1.29, 1.82) is 0 Å². The number of hydrogen-bond donors (Lipinski definition) is 3. The van der Waals surface area contributed by atoms with Crippen molar-refractivity contribution in [1.82, 2.24) is 10.7 Å². The van der Waals surface area contributed by atoms with E-state index in [1.54, 1.807) is 18.4 Å². The molecule has 0 atom stereocenters. The van der Waals surface area contributed by atoms with Gasteiger partial charge in [0.25, 0.3) is 0 Å². The van der Waals surface area contributed by atoms with Gasteiger partial charge in [-0.1, -0.05) is 6.07 Å². The Bertz CT molecular complexity index is 435. The van der Waals surface area contributed by atoms with Gasteiger partial charge in [-0.2, -0.15) is 0 Å². The summed E-state index contributed by atoms with van der Waals surface area (Å²) in [6.45, 7) is 2.07. The molecule has 5 nitrogen and oxygen atoms in total. The second-order valence-electron chi connectivity index (χ2n) is 3.55. The minimum absolute atomic E-state index is 0.290. The van der Waals surface area contributed by atoms with Gasteiger partial charge >= 0.3 is 11.8 Å². The third kappa shape index (κ3) is 3.84. The number of amides is 2. The van der Waals surface area contributed by atoms with Crippen LogP contribution in [0.15, 0.2) is 18.2 Å². The van der Waals surface area contributed by atoms with Crippen LogP contribution in [0.3, 0.4) is 0 Å². The molecule has 0 radical (unpaired) electrons. The second kappa shape index (κ2) is 5.95. The van der Waals surface area contributed by atoms with Crippen molar-refractivity contribution >= 4 is 11.8 Å². The van der Waals surface area contributed by atoms with Crippen molar-refractivity contribution in [3.63, 3.8) is 0 Å². The smallest absolute Gasteiger partial charge is 0.323 e. The van der Waals surface area contributed by atoms with E-state index in [0.717, 1.165) is 11.1 Å². The Morgan fingerprint density at radius 1 is 1.35 bits per heavy atom. The van der Waals surface area contributed by atoms with Crippen molar-refractivity contribution < 1.29 is 14.0 Å². The lowest BCUT2D eigenvalue weighted by Crippen LogP contribution is -2.43. The van der Waals surface area contributed by atoms with E-state index >= 15 is 0 Å². The summed E-state index contributed by atoms with van der Waals surface area (Å²) in [6, 6.07) is 4.43. The van der Waals surface area contributed by atoms with Crippen LogP contribution in [0, 0.1) is 12.7 Å². The number of halogens is 1. The van der Waals surface area contributed by atoms with E-state index in [1.165, 1.54) is 12.1 Å². The molecule has 92 valence electrons. The predicted octanol–water partition coefficient (Wildman–Crippen LogP) is -0.217. The summed E-state index contributed by atoms with van der Waals surface area (Å²) in [5, 5.41) is 2.40. The lowest BCUT2D eigenvalue weighted by Gasteiger charge is -2.07. The monoisotopic (exact) mass is 239 g/mol. The first-order valence-corrected chi connectivity index (χ1v) is 5.08. The molecule has 0 fully saturated rings. The molecule has 1 aromatic rings. The van der Waals surface area contributed by atoms with Crippen molar-refractivity contribution in [2.24, 2.45) is 5.84 Å². The van der Waals surface area contributed by atoms with Crippen LogP contribution < -0.4 is 16.6 Å². The Hall–Kier alpha value is -1.95. The Morgan fingerprint density at radius 3 is 2.65 bits per heavy atom. The van der Waals surface area contributed by atoms with Crippen LogP contribution in [-0.2, 0) is 16.0 Å². The van der Waals surface area contributed by atoms with Gasteiger partial charge in [-0.05, 0) is 36.6 Å². The number of benzene rings is 1. The van der Waals surface area contributed by atoms with Crippen LogP contribution in [0.4, 0.5) is 4.39 Å². The lowest BCUT2D eigenvalue weighted by molar-refractivity contribution is -0.139. The van der Waals surface area contributed by atoms with Gasteiger partial charge in [0.2, 0.25) is 0 Å². The maximum Gasteiger partial charge on any atom is 0.323 e. The first-order valence-electron chi connectivity index (χ1n) is 5.08. The van der Waals surface area contributed by atoms with E-state index < -0.39 is 11.8 Å². The lowest BCUT2D eigenvalue weighted by atomic mass is 10.1. The van der Waals surface area contributed by atoms with Gasteiger partial charge < -0.3 is 5.32 Å². The van der Waals surface area contributed by atoms with Crippen LogP contribution in [0.5, 0.6) is 0 Å². The molecule has 0 aromatic heterocycles. The van der Waals surface area contributed by atoms with Crippen LogP contribution in [-0.4, -0.2) is 18.4 Å². The maximum absolute atomic E-state index is 12.8. The normalized spacial score (nSPS) is 9.82. The summed E-state index contributed by atoms with van der Waals surface area (Å²) >= 11 is 0. The minimum Gasteiger partial charge on any atom is -0.347 e. The highest BCUT2D eigenvalue weighted by Gasteiger charge is 2.10. The van der Waals surface area contributed by atoms with Crippen molar-refractivity contribution in [2.75, 3.05) is 6.54 Å². The number of carbonyl (C=O) groups is 2. The number of rotatable bonds is 3. The topological polar surface area (TPSA) is 84.2 Å². The van der Waals surface area contributed by atoms with E-state index in [-0.39, 0.29) is 5.82 Å². The molecule has 0 spiro atoms. The zero-order valence-electron chi connectivity index (χ0n) is 9.42. The largest absolute Gasteiger partial charge is 0.347 e. The van der Waals surface area contributed by atoms with E-state index in [0.29, 0.717) is 13.0 Å². The molecule has 1 rings (SSSR count). The molecule has 0 bridgehead atoms. The van der Waals surface area contributed by atoms with Gasteiger partial charge in [0.1, 0.15) is 5.82 Å². The van der Waals surface area contributed by atoms with Crippen LogP contribution >= 0.6 is 0 Å². The summed E-state index contributed by atoms with van der Waals surface area (Å²) in [5.41, 5.74) is 3.46. The van der Waals surface area contributed by atoms with Crippen molar-refractivity contribution in [3.05, 3.63) is 35.1 Å². The fourth-order valence-electron chi connectivity index (χ4n) is 1.40. The molecule has 0 saturated carbocycles. The zero-order chi connectivity index (χ0) is 12.8. The van der Waals surface area contributed by atoms with E-state index in [4.69, 9.17) is 5.84 Å². The molecule has 6 heteroatoms. The average molecular weight is 239 g/mol. The minimum atomic E-state index is -0.888. The van der Waals surface area contributed by atoms with Crippen molar-refractivity contribution in [3.8, 4) is 0 Å². The van der Waals surface area contributed by atoms with Crippen LogP contribution in [0.1, 0.15) is 11.1 Å². The van der Waals surface area contributed by atoms with Gasteiger partial charge in [0.15, 0.2) is 0 Å². The average Bonchev–Trinajstić information content (AvgIpc) is 2.30. The Labute approximate surface area is 98.2 Å². The predicted molar refractivity (Wildman–Crippen MR) is 60.2 cm³/mol. The van der Waals surface area contributed by atoms with Gasteiger partial charge in [-0.15, -0.1) is 0 Å². The molecule has 1 aromatic carbocycles. The van der Waals surface area contributed by atoms with E-state index in [9.17, 15) is 14.0 Å². The number of nitrogens with one attached hydrogen (secondary N) is 2. The highest BCUT2D eigenvalue weighted by atomic mass is 19.1. The molecule has 0 unspecified atom stereocenters. The number of aryl methyl sites for hydroxylation is 1. The maximum atomic E-state index is 12.8. The molecule has 0 aliphatic heterocycles. The Kier molecular flexibility index (Phi) is 4.59. The van der Waals surface area contributed by atoms with Gasteiger partial charge in [0, 0.05) is 6.54 Å². The standard InChI is InChI=1S/C11H14FN3O2/c1-7-6-9(12)3-2-8(7)4-5-14-10(16)11(17)15-13/h2-3,6H,4-5,13H2,1H3,(H,14,16)(H,15,17). The fourth-order valence-corrected chi connectivity index (χ4v) is 1.40. The molecule has 17 heavy (non-hydrogen) atoms. The summed E-state index contributed by atoms with van der Waals surface area (Å²) in [7, 11) is 0. The third-order valence-electron chi connectivity index (χ3n) is 2.32. The van der Waals surface area contributed by atoms with E-state index in [1.807, 2.05) is 0 Å². The highest BCUT2D eigenvalue weighted by molar-refractivity contribution is 6.34. The summed E-state index contributed by atoms with van der Waals surface area (Å²) in [6.07, 6.45) is 0.524. The molecular weight excluding hydrogens is 225 g/mol. The first kappa shape index (κ1) is 13.1. The zero-order valence-corrected chi connectivity index (χ0v) is 9.42. The third-order valence-corrected chi connectivity index (χ3v) is 2.32. The summed E-state index contributed by atoms with van der Waals surface area (Å²) in [4.78, 5) is 21.8. The van der Waals surface area contributed by atoms with E-state index in [2.05, 4.69) is 5.32 Å². The molecule has 0 heterocycles. The fraction of sp³-hybridized carbons (Fsp3) is 0.273. The van der Waals surface area contributed by atoms with Crippen LogP contribution in [0.25, 0.3) is 0 Å². The van der Waals surface area contributed by atoms with Gasteiger partial charge in [-0.25, -0.2) is 10.2 Å². The molecular formula is C11H14FN3O2. The molecule has 0 aliphatic rings. The van der Waals surface area contributed by atoms with Crippen LogP contribution in [0.2, 0.25) is 0 Å². The Morgan fingerprint density at radius 2 is 2.06 bits per heavy atom. The first-order chi connectivity index (χ1) is 8.04.